The second-order valence-electron chi connectivity index (χ2n) is 7.49. The highest BCUT2D eigenvalue weighted by Crippen LogP contribution is 2.34. The van der Waals surface area contributed by atoms with Crippen LogP contribution < -0.4 is 24.8 Å². The van der Waals surface area contributed by atoms with Gasteiger partial charge in [-0.05, 0) is 42.5 Å². The summed E-state index contributed by atoms with van der Waals surface area (Å²) in [5, 5.41) is 5.90. The van der Waals surface area contributed by atoms with Crippen LogP contribution in [0, 0.1) is 6.92 Å². The number of hydrogen-bond donors (Lipinski definition) is 2. The molecule has 0 saturated carbocycles. The van der Waals surface area contributed by atoms with Crippen LogP contribution in [-0.2, 0) is 17.9 Å². The third-order valence-electron chi connectivity index (χ3n) is 5.41. The summed E-state index contributed by atoms with van der Waals surface area (Å²) in [5.74, 6) is 2.05. The number of ether oxygens (including phenoxy) is 3. The fourth-order valence-corrected chi connectivity index (χ4v) is 3.55. The molecule has 6 heteroatoms. The Labute approximate surface area is 197 Å². The predicted octanol–water partition coefficient (Wildman–Crippen LogP) is 4.80. The van der Waals surface area contributed by atoms with E-state index >= 15 is 0 Å². The van der Waals surface area contributed by atoms with Crippen molar-refractivity contribution in [1.29, 1.82) is 0 Å². The van der Waals surface area contributed by atoms with Gasteiger partial charge in [0.25, 0.3) is 0 Å². The minimum absolute atomic E-state index is 0.440. The molecule has 0 aromatic heterocycles. The first kappa shape index (κ1) is 26.0. The van der Waals surface area contributed by atoms with Crippen LogP contribution in [0.4, 0.5) is 0 Å². The standard InChI is InChI=1S/C27H36N2O4/c1-6-8-10-21(7-2)24-12-9-11-22(20(24)3)18-33-23-15-26(31-4)25(27(16-23)32-5)17-28-13-14-29-19-30/h7-12,15-16,19,28H,6,13-14,17-18H2,1-5H3,(H,29,30)/b10-8-,21-7+. The van der Waals surface area contributed by atoms with Crippen molar-refractivity contribution in [1.82, 2.24) is 10.6 Å². The quantitative estimate of drug-likeness (QED) is 0.245. The summed E-state index contributed by atoms with van der Waals surface area (Å²) in [7, 11) is 3.26. The molecule has 178 valence electrons. The number of hydrogen-bond acceptors (Lipinski definition) is 5. The van der Waals surface area contributed by atoms with Gasteiger partial charge in [-0.25, -0.2) is 0 Å². The monoisotopic (exact) mass is 452 g/mol. The lowest BCUT2D eigenvalue weighted by Crippen LogP contribution is -2.26. The highest BCUT2D eigenvalue weighted by Gasteiger charge is 2.14. The van der Waals surface area contributed by atoms with E-state index in [4.69, 9.17) is 14.2 Å². The van der Waals surface area contributed by atoms with E-state index in [0.29, 0.717) is 49.9 Å². The summed E-state index contributed by atoms with van der Waals surface area (Å²) in [6, 6.07) is 10.1. The zero-order valence-corrected chi connectivity index (χ0v) is 20.4. The van der Waals surface area contributed by atoms with Gasteiger partial charge in [0.15, 0.2) is 0 Å². The van der Waals surface area contributed by atoms with Gasteiger partial charge in [0.2, 0.25) is 6.41 Å². The molecular weight excluding hydrogens is 416 g/mol. The van der Waals surface area contributed by atoms with E-state index in [2.05, 4.69) is 67.8 Å². The zero-order chi connectivity index (χ0) is 24.1. The molecule has 0 radical (unpaired) electrons. The van der Waals surface area contributed by atoms with Gasteiger partial charge in [-0.1, -0.05) is 43.4 Å². The van der Waals surface area contributed by atoms with Crippen molar-refractivity contribution in [2.75, 3.05) is 27.3 Å². The van der Waals surface area contributed by atoms with Crippen molar-refractivity contribution in [2.45, 2.75) is 40.3 Å². The number of nitrogens with one attached hydrogen (secondary N) is 2. The summed E-state index contributed by atoms with van der Waals surface area (Å²) in [4.78, 5) is 10.4. The SMILES string of the molecule is C/C=C(\C=C/CC)c1cccc(COc2cc(OC)c(CNCCNC=O)c(OC)c2)c1C. The lowest BCUT2D eigenvalue weighted by Gasteiger charge is -2.17. The summed E-state index contributed by atoms with van der Waals surface area (Å²) in [6.07, 6.45) is 8.17. The summed E-state index contributed by atoms with van der Waals surface area (Å²) < 4.78 is 17.3. The lowest BCUT2D eigenvalue weighted by atomic mass is 9.96. The molecule has 0 aliphatic carbocycles. The molecule has 2 N–H and O–H groups in total. The largest absolute Gasteiger partial charge is 0.496 e. The molecule has 33 heavy (non-hydrogen) atoms. The number of carbonyl (C=O) groups is 1. The second kappa shape index (κ2) is 14.0. The average molecular weight is 453 g/mol. The Hall–Kier alpha value is -3.25. The molecular formula is C27H36N2O4. The normalized spacial score (nSPS) is 11.5. The Kier molecular flexibility index (Phi) is 11.0. The first-order chi connectivity index (χ1) is 16.1. The summed E-state index contributed by atoms with van der Waals surface area (Å²) in [6.45, 7) is 8.51. The van der Waals surface area contributed by atoms with Gasteiger partial charge in [-0.15, -0.1) is 0 Å². The van der Waals surface area contributed by atoms with Gasteiger partial charge < -0.3 is 24.8 Å². The molecule has 0 bridgehead atoms. The van der Waals surface area contributed by atoms with Gasteiger partial charge in [-0.2, -0.15) is 0 Å². The van der Waals surface area contributed by atoms with Crippen LogP contribution in [0.2, 0.25) is 0 Å². The van der Waals surface area contributed by atoms with Crippen LogP contribution in [-0.4, -0.2) is 33.7 Å². The van der Waals surface area contributed by atoms with Gasteiger partial charge in [0.1, 0.15) is 23.9 Å². The van der Waals surface area contributed by atoms with Gasteiger partial charge in [0.05, 0.1) is 19.8 Å². The van der Waals surface area contributed by atoms with E-state index in [1.54, 1.807) is 14.2 Å². The molecule has 0 aliphatic heterocycles. The molecule has 0 aliphatic rings. The molecule has 1 amide bonds. The fraction of sp³-hybridized carbons (Fsp3) is 0.370. The first-order valence-electron chi connectivity index (χ1n) is 11.3. The number of rotatable bonds is 14. The van der Waals surface area contributed by atoms with Crippen molar-refractivity contribution in [2.24, 2.45) is 0 Å². The topological polar surface area (TPSA) is 68.8 Å². The van der Waals surface area contributed by atoms with Crippen molar-refractivity contribution in [3.63, 3.8) is 0 Å². The predicted molar refractivity (Wildman–Crippen MR) is 134 cm³/mol. The summed E-state index contributed by atoms with van der Waals surface area (Å²) >= 11 is 0. The Morgan fingerprint density at radius 2 is 1.82 bits per heavy atom. The maximum Gasteiger partial charge on any atom is 0.207 e. The second-order valence-corrected chi connectivity index (χ2v) is 7.49. The number of benzene rings is 2. The molecule has 6 nitrogen and oxygen atoms in total. The maximum atomic E-state index is 10.4. The van der Waals surface area contributed by atoms with Crippen LogP contribution >= 0.6 is 0 Å². The highest BCUT2D eigenvalue weighted by molar-refractivity contribution is 5.76. The third-order valence-corrected chi connectivity index (χ3v) is 5.41. The number of allylic oxidation sites excluding steroid dienone is 4. The van der Waals surface area contributed by atoms with E-state index in [1.165, 1.54) is 16.7 Å². The first-order valence-corrected chi connectivity index (χ1v) is 11.3. The van der Waals surface area contributed by atoms with E-state index in [1.807, 2.05) is 12.1 Å². The Balaban J connectivity index is 2.19. The smallest absolute Gasteiger partial charge is 0.207 e. The molecule has 0 spiro atoms. The van der Waals surface area contributed by atoms with Gasteiger partial charge in [-0.3, -0.25) is 4.79 Å². The minimum Gasteiger partial charge on any atom is -0.496 e. The Bertz CT molecular complexity index is 942. The molecule has 0 atom stereocenters. The van der Waals surface area contributed by atoms with E-state index in [0.717, 1.165) is 17.5 Å². The molecule has 2 rings (SSSR count). The van der Waals surface area contributed by atoms with Crippen LogP contribution in [0.3, 0.4) is 0 Å². The van der Waals surface area contributed by atoms with Crippen LogP contribution in [0.5, 0.6) is 17.2 Å². The van der Waals surface area contributed by atoms with Crippen molar-refractivity contribution < 1.29 is 19.0 Å². The van der Waals surface area contributed by atoms with Crippen LogP contribution in [0.1, 0.15) is 42.5 Å². The maximum absolute atomic E-state index is 10.4. The van der Waals surface area contributed by atoms with Crippen LogP contribution in [0.15, 0.2) is 48.6 Å². The molecule has 2 aromatic rings. The number of carbonyl (C=O) groups excluding carboxylic acids is 1. The Morgan fingerprint density at radius 1 is 1.09 bits per heavy atom. The highest BCUT2D eigenvalue weighted by atomic mass is 16.5. The number of amides is 1. The fourth-order valence-electron chi connectivity index (χ4n) is 3.55. The van der Waals surface area contributed by atoms with Gasteiger partial charge >= 0.3 is 0 Å². The Morgan fingerprint density at radius 3 is 2.42 bits per heavy atom. The van der Waals surface area contributed by atoms with Crippen molar-refractivity contribution >= 4 is 12.0 Å². The van der Waals surface area contributed by atoms with E-state index < -0.39 is 0 Å². The third kappa shape index (κ3) is 7.39. The number of methoxy groups -OCH3 is 2. The van der Waals surface area contributed by atoms with Crippen molar-refractivity contribution in [3.05, 3.63) is 70.8 Å². The molecule has 2 aromatic carbocycles. The average Bonchev–Trinajstić information content (AvgIpc) is 2.84. The van der Waals surface area contributed by atoms with Gasteiger partial charge in [0, 0.05) is 31.8 Å². The van der Waals surface area contributed by atoms with E-state index in [-0.39, 0.29) is 0 Å². The molecule has 0 saturated heterocycles. The zero-order valence-electron chi connectivity index (χ0n) is 20.4. The minimum atomic E-state index is 0.440. The van der Waals surface area contributed by atoms with Crippen molar-refractivity contribution in [3.8, 4) is 17.2 Å². The lowest BCUT2D eigenvalue weighted by molar-refractivity contribution is -0.109. The molecule has 0 heterocycles. The van der Waals surface area contributed by atoms with Crippen LogP contribution in [0.25, 0.3) is 5.57 Å². The summed E-state index contributed by atoms with van der Waals surface area (Å²) in [5.41, 5.74) is 5.65. The van der Waals surface area contributed by atoms with E-state index in [9.17, 15) is 4.79 Å². The molecule has 0 unspecified atom stereocenters. The molecule has 0 fully saturated rings.